The van der Waals surface area contributed by atoms with E-state index >= 15 is 0 Å². The first kappa shape index (κ1) is 13.3. The van der Waals surface area contributed by atoms with E-state index in [2.05, 4.69) is 0 Å². The van der Waals surface area contributed by atoms with Crippen molar-refractivity contribution in [1.29, 1.82) is 0 Å². The number of nitrogens with two attached hydrogens (primary N) is 1. The first-order valence-electron chi connectivity index (χ1n) is 6.65. The number of piperidine rings is 1. The van der Waals surface area contributed by atoms with Crippen LogP contribution in [0.5, 0.6) is 0 Å². The third kappa shape index (κ3) is 2.51. The molecule has 0 aromatic heterocycles. The van der Waals surface area contributed by atoms with Crippen LogP contribution in [0.4, 0.5) is 0 Å². The van der Waals surface area contributed by atoms with Gasteiger partial charge in [-0.3, -0.25) is 9.59 Å². The van der Waals surface area contributed by atoms with E-state index in [1.165, 1.54) is 0 Å². The van der Waals surface area contributed by atoms with Crippen LogP contribution in [0.15, 0.2) is 0 Å². The molecule has 0 radical (unpaired) electrons. The van der Waals surface area contributed by atoms with Crippen LogP contribution in [-0.2, 0) is 9.59 Å². The minimum absolute atomic E-state index is 0.0179. The molecule has 2 rings (SSSR count). The Balaban J connectivity index is 1.96. The molecule has 0 bridgehead atoms. The van der Waals surface area contributed by atoms with Gasteiger partial charge >= 0.3 is 5.97 Å². The summed E-state index contributed by atoms with van der Waals surface area (Å²) < 4.78 is 0. The van der Waals surface area contributed by atoms with Crippen LogP contribution in [0.25, 0.3) is 0 Å². The Morgan fingerprint density at radius 3 is 2.44 bits per heavy atom. The van der Waals surface area contributed by atoms with E-state index in [-0.39, 0.29) is 11.4 Å². The minimum atomic E-state index is -0.814. The summed E-state index contributed by atoms with van der Waals surface area (Å²) in [7, 11) is 0. The number of carbonyl (C=O) groups is 2. The van der Waals surface area contributed by atoms with Crippen molar-refractivity contribution >= 4 is 11.9 Å². The molecule has 2 fully saturated rings. The molecule has 5 nitrogen and oxygen atoms in total. The number of aliphatic carboxylic acids is 1. The smallest absolute Gasteiger partial charge is 0.311 e. The van der Waals surface area contributed by atoms with Crippen molar-refractivity contribution < 1.29 is 14.7 Å². The van der Waals surface area contributed by atoms with Crippen LogP contribution in [0.3, 0.4) is 0 Å². The van der Waals surface area contributed by atoms with Gasteiger partial charge in [0.15, 0.2) is 0 Å². The molecule has 2 aliphatic rings. The molecule has 1 amide bonds. The Labute approximate surface area is 107 Å². The molecule has 1 aliphatic heterocycles. The predicted molar refractivity (Wildman–Crippen MR) is 66.9 cm³/mol. The quantitative estimate of drug-likeness (QED) is 0.786. The van der Waals surface area contributed by atoms with E-state index < -0.39 is 11.4 Å². The normalized spacial score (nSPS) is 30.7. The predicted octanol–water partition coefficient (Wildman–Crippen LogP) is 0.971. The fraction of sp³-hybridized carbons (Fsp3) is 0.846. The number of rotatable bonds is 3. The van der Waals surface area contributed by atoms with Crippen molar-refractivity contribution in [2.45, 2.75) is 51.0 Å². The Morgan fingerprint density at radius 2 is 1.94 bits per heavy atom. The number of amides is 1. The summed E-state index contributed by atoms with van der Waals surface area (Å²) in [6.07, 6.45) is 4.66. The van der Waals surface area contributed by atoms with Crippen molar-refractivity contribution in [1.82, 2.24) is 4.90 Å². The second kappa shape index (κ2) is 4.53. The summed E-state index contributed by atoms with van der Waals surface area (Å²) in [5.41, 5.74) is 4.95. The van der Waals surface area contributed by atoms with Gasteiger partial charge < -0.3 is 15.7 Å². The molecule has 3 N–H and O–H groups in total. The summed E-state index contributed by atoms with van der Waals surface area (Å²) in [6, 6.07) is 0. The second-order valence-electron chi connectivity index (χ2n) is 6.18. The average Bonchev–Trinajstić information content (AvgIpc) is 2.26. The number of likely N-dealkylation sites (tertiary alicyclic amines) is 1. The van der Waals surface area contributed by atoms with E-state index in [0.717, 1.165) is 25.7 Å². The van der Waals surface area contributed by atoms with E-state index in [0.29, 0.717) is 25.9 Å². The molecule has 1 saturated heterocycles. The van der Waals surface area contributed by atoms with Crippen LogP contribution in [0, 0.1) is 5.41 Å². The molecule has 5 heteroatoms. The maximum atomic E-state index is 12.2. The number of carboxylic acids is 1. The number of carboxylic acid groups (broad SMARTS) is 1. The highest BCUT2D eigenvalue weighted by Gasteiger charge is 2.41. The SMILES string of the molecule is CC1(C(=O)O)CCCN(C(=O)CC2(N)CCC2)C1. The van der Waals surface area contributed by atoms with Crippen molar-refractivity contribution in [2.24, 2.45) is 11.1 Å². The maximum absolute atomic E-state index is 12.2. The Kier molecular flexibility index (Phi) is 3.36. The zero-order valence-electron chi connectivity index (χ0n) is 10.9. The minimum Gasteiger partial charge on any atom is -0.481 e. The second-order valence-corrected chi connectivity index (χ2v) is 6.18. The first-order chi connectivity index (χ1) is 8.35. The molecular formula is C13H22N2O3. The average molecular weight is 254 g/mol. The van der Waals surface area contributed by atoms with Gasteiger partial charge in [0.2, 0.25) is 5.91 Å². The Bertz CT molecular complexity index is 365. The van der Waals surface area contributed by atoms with Gasteiger partial charge in [-0.25, -0.2) is 0 Å². The summed E-state index contributed by atoms with van der Waals surface area (Å²) in [6.45, 7) is 2.70. The highest BCUT2D eigenvalue weighted by atomic mass is 16.4. The standard InChI is InChI=1S/C13H22N2O3/c1-12(11(17)18)4-3-7-15(9-12)10(16)8-13(14)5-2-6-13/h2-9,14H2,1H3,(H,17,18). The lowest BCUT2D eigenvalue weighted by Gasteiger charge is -2.42. The van der Waals surface area contributed by atoms with Crippen LogP contribution in [0.2, 0.25) is 0 Å². The highest BCUT2D eigenvalue weighted by Crippen LogP contribution is 2.34. The molecule has 1 atom stereocenters. The van der Waals surface area contributed by atoms with Crippen molar-refractivity contribution in [3.8, 4) is 0 Å². The van der Waals surface area contributed by atoms with Gasteiger partial charge in [0.1, 0.15) is 0 Å². The number of nitrogens with zero attached hydrogens (tertiary/aromatic N) is 1. The van der Waals surface area contributed by atoms with E-state index in [1.807, 2.05) is 0 Å². The first-order valence-corrected chi connectivity index (χ1v) is 6.65. The van der Waals surface area contributed by atoms with Crippen LogP contribution >= 0.6 is 0 Å². The summed E-state index contributed by atoms with van der Waals surface area (Å²) in [5, 5.41) is 9.22. The van der Waals surface area contributed by atoms with Gasteiger partial charge in [0, 0.05) is 25.0 Å². The number of carbonyl (C=O) groups excluding carboxylic acids is 1. The molecule has 0 aromatic rings. The van der Waals surface area contributed by atoms with Crippen molar-refractivity contribution in [3.63, 3.8) is 0 Å². The monoisotopic (exact) mass is 254 g/mol. The molecule has 1 aliphatic carbocycles. The zero-order valence-corrected chi connectivity index (χ0v) is 10.9. The highest BCUT2D eigenvalue weighted by molar-refractivity contribution is 5.80. The molecule has 1 unspecified atom stereocenters. The molecule has 1 heterocycles. The summed E-state index contributed by atoms with van der Waals surface area (Å²) >= 11 is 0. The van der Waals surface area contributed by atoms with Gasteiger partial charge in [-0.1, -0.05) is 0 Å². The van der Waals surface area contributed by atoms with E-state index in [9.17, 15) is 14.7 Å². The Hall–Kier alpha value is -1.10. The molecular weight excluding hydrogens is 232 g/mol. The van der Waals surface area contributed by atoms with Crippen LogP contribution in [0.1, 0.15) is 45.4 Å². The third-order valence-corrected chi connectivity index (χ3v) is 4.42. The molecule has 102 valence electrons. The van der Waals surface area contributed by atoms with Crippen LogP contribution < -0.4 is 5.73 Å². The molecule has 1 saturated carbocycles. The topological polar surface area (TPSA) is 83.6 Å². The number of hydrogen-bond acceptors (Lipinski definition) is 3. The van der Waals surface area contributed by atoms with E-state index in [4.69, 9.17) is 5.73 Å². The fourth-order valence-corrected chi connectivity index (χ4v) is 2.85. The molecule has 18 heavy (non-hydrogen) atoms. The largest absolute Gasteiger partial charge is 0.481 e. The van der Waals surface area contributed by atoms with Crippen molar-refractivity contribution in [3.05, 3.63) is 0 Å². The molecule has 0 spiro atoms. The number of hydrogen-bond donors (Lipinski definition) is 2. The lowest BCUT2D eigenvalue weighted by molar-refractivity contribution is -0.153. The van der Waals surface area contributed by atoms with Gasteiger partial charge in [-0.05, 0) is 39.0 Å². The fourth-order valence-electron chi connectivity index (χ4n) is 2.85. The summed E-state index contributed by atoms with van der Waals surface area (Å²) in [4.78, 5) is 25.1. The van der Waals surface area contributed by atoms with Gasteiger partial charge in [-0.15, -0.1) is 0 Å². The molecule has 0 aromatic carbocycles. The Morgan fingerprint density at radius 1 is 1.28 bits per heavy atom. The van der Waals surface area contributed by atoms with Crippen LogP contribution in [-0.4, -0.2) is 40.5 Å². The lowest BCUT2D eigenvalue weighted by Crippen LogP contribution is -2.54. The van der Waals surface area contributed by atoms with Gasteiger partial charge in [-0.2, -0.15) is 0 Å². The van der Waals surface area contributed by atoms with Crippen molar-refractivity contribution in [2.75, 3.05) is 13.1 Å². The van der Waals surface area contributed by atoms with E-state index in [1.54, 1.807) is 11.8 Å². The zero-order chi connectivity index (χ0) is 13.4. The summed E-state index contributed by atoms with van der Waals surface area (Å²) in [5.74, 6) is -0.796. The van der Waals surface area contributed by atoms with Gasteiger partial charge in [0.25, 0.3) is 0 Å². The maximum Gasteiger partial charge on any atom is 0.311 e. The third-order valence-electron chi connectivity index (χ3n) is 4.42. The lowest BCUT2D eigenvalue weighted by atomic mass is 9.74. The van der Waals surface area contributed by atoms with Gasteiger partial charge in [0.05, 0.1) is 5.41 Å².